The number of nitrogens with zero attached hydrogens (tertiary/aromatic N) is 2. The second-order valence-electron chi connectivity index (χ2n) is 5.19. The van der Waals surface area contributed by atoms with Gasteiger partial charge in [0.25, 0.3) is 5.91 Å². The first-order valence-corrected chi connectivity index (χ1v) is 7.47. The van der Waals surface area contributed by atoms with Gasteiger partial charge in [-0.05, 0) is 43.2 Å². The maximum Gasteiger partial charge on any atom is 0.252 e. The van der Waals surface area contributed by atoms with Gasteiger partial charge in [0.1, 0.15) is 18.4 Å². The van der Waals surface area contributed by atoms with Crippen molar-refractivity contribution in [2.75, 3.05) is 0 Å². The topological polar surface area (TPSA) is 75.0 Å². The molecule has 0 aliphatic carbocycles. The molecule has 0 saturated heterocycles. The van der Waals surface area contributed by atoms with E-state index in [9.17, 15) is 4.79 Å². The Labute approximate surface area is 135 Å². The smallest absolute Gasteiger partial charge is 0.252 e. The van der Waals surface area contributed by atoms with Crippen LogP contribution in [0, 0.1) is 18.3 Å². The van der Waals surface area contributed by atoms with Crippen LogP contribution in [0.25, 0.3) is 0 Å². The number of carbonyl (C=O) groups excluding carboxylic acids is 1. The Balaban J connectivity index is 2.00. The second-order valence-corrected chi connectivity index (χ2v) is 5.19. The number of pyridine rings is 1. The predicted molar refractivity (Wildman–Crippen MR) is 86.9 cm³/mol. The van der Waals surface area contributed by atoms with E-state index in [-0.39, 0.29) is 5.91 Å². The summed E-state index contributed by atoms with van der Waals surface area (Å²) in [5.41, 5.74) is 2.32. The summed E-state index contributed by atoms with van der Waals surface area (Å²) in [5, 5.41) is 11.6. The van der Waals surface area contributed by atoms with Gasteiger partial charge in [-0.2, -0.15) is 5.26 Å². The average Bonchev–Trinajstić information content (AvgIpc) is 2.59. The van der Waals surface area contributed by atoms with E-state index in [1.54, 1.807) is 24.4 Å². The Bertz CT molecular complexity index is 705. The van der Waals surface area contributed by atoms with Crippen molar-refractivity contribution in [1.82, 2.24) is 10.3 Å². The highest BCUT2D eigenvalue weighted by molar-refractivity contribution is 5.94. The molecule has 1 heterocycles. The Morgan fingerprint density at radius 1 is 1.39 bits per heavy atom. The van der Waals surface area contributed by atoms with E-state index in [0.717, 1.165) is 11.3 Å². The Morgan fingerprint density at radius 3 is 2.87 bits per heavy atom. The van der Waals surface area contributed by atoms with E-state index in [4.69, 9.17) is 10.00 Å². The van der Waals surface area contributed by atoms with E-state index < -0.39 is 6.04 Å². The van der Waals surface area contributed by atoms with Crippen LogP contribution in [-0.4, -0.2) is 16.9 Å². The molecule has 2 aromatic rings. The van der Waals surface area contributed by atoms with Crippen LogP contribution in [0.4, 0.5) is 0 Å². The Kier molecular flexibility index (Phi) is 5.70. The van der Waals surface area contributed by atoms with Crippen LogP contribution in [0.3, 0.4) is 0 Å². The van der Waals surface area contributed by atoms with Crippen molar-refractivity contribution < 1.29 is 9.53 Å². The zero-order chi connectivity index (χ0) is 16.7. The molecule has 0 spiro atoms. The lowest BCUT2D eigenvalue weighted by Crippen LogP contribution is -2.33. The third-order valence-electron chi connectivity index (χ3n) is 3.35. The van der Waals surface area contributed by atoms with Crippen LogP contribution in [-0.2, 0) is 6.61 Å². The molecule has 0 radical (unpaired) electrons. The summed E-state index contributed by atoms with van der Waals surface area (Å²) in [6, 6.07) is 12.5. The molecule has 1 aromatic carbocycles. The van der Waals surface area contributed by atoms with Crippen molar-refractivity contribution in [1.29, 1.82) is 5.26 Å². The van der Waals surface area contributed by atoms with Gasteiger partial charge in [0.15, 0.2) is 0 Å². The van der Waals surface area contributed by atoms with Gasteiger partial charge in [-0.1, -0.05) is 19.1 Å². The maximum absolute atomic E-state index is 12.1. The highest BCUT2D eigenvalue weighted by Gasteiger charge is 2.11. The lowest BCUT2D eigenvalue weighted by atomic mass is 10.1. The molecule has 0 bridgehead atoms. The van der Waals surface area contributed by atoms with Crippen molar-refractivity contribution in [2.24, 2.45) is 0 Å². The molecule has 23 heavy (non-hydrogen) atoms. The van der Waals surface area contributed by atoms with E-state index in [2.05, 4.69) is 16.4 Å². The molecule has 0 saturated carbocycles. The zero-order valence-corrected chi connectivity index (χ0v) is 13.2. The van der Waals surface area contributed by atoms with Crippen LogP contribution in [0.15, 0.2) is 42.6 Å². The van der Waals surface area contributed by atoms with Gasteiger partial charge in [0, 0.05) is 11.3 Å². The van der Waals surface area contributed by atoms with Crippen LogP contribution in [0.2, 0.25) is 0 Å². The average molecular weight is 309 g/mol. The van der Waals surface area contributed by atoms with E-state index >= 15 is 0 Å². The SMILES string of the molecule is CCC(C#N)NC(=O)c1cccc(COc2ccc(C)nc2)c1. The lowest BCUT2D eigenvalue weighted by molar-refractivity contribution is 0.0944. The third-order valence-corrected chi connectivity index (χ3v) is 3.35. The first-order chi connectivity index (χ1) is 11.1. The van der Waals surface area contributed by atoms with Crippen LogP contribution in [0.5, 0.6) is 5.75 Å². The molecule has 2 rings (SSSR count). The molecule has 1 amide bonds. The summed E-state index contributed by atoms with van der Waals surface area (Å²) in [6.45, 7) is 4.12. The fourth-order valence-corrected chi connectivity index (χ4v) is 1.98. The third kappa shape index (κ3) is 4.82. The molecule has 0 fully saturated rings. The fourth-order valence-electron chi connectivity index (χ4n) is 1.98. The summed E-state index contributed by atoms with van der Waals surface area (Å²) in [4.78, 5) is 16.3. The van der Waals surface area contributed by atoms with Gasteiger partial charge in [-0.15, -0.1) is 0 Å². The first kappa shape index (κ1) is 16.5. The monoisotopic (exact) mass is 309 g/mol. The highest BCUT2D eigenvalue weighted by Crippen LogP contribution is 2.13. The minimum atomic E-state index is -0.471. The minimum Gasteiger partial charge on any atom is -0.487 e. The van der Waals surface area contributed by atoms with Gasteiger partial charge in [-0.25, -0.2) is 0 Å². The maximum atomic E-state index is 12.1. The number of hydrogen-bond donors (Lipinski definition) is 1. The minimum absolute atomic E-state index is 0.253. The van der Waals surface area contributed by atoms with Crippen molar-refractivity contribution in [3.8, 4) is 11.8 Å². The van der Waals surface area contributed by atoms with Crippen LogP contribution in [0.1, 0.15) is 35.0 Å². The molecule has 1 atom stereocenters. The molecule has 118 valence electrons. The Morgan fingerprint density at radius 2 is 2.22 bits per heavy atom. The van der Waals surface area contributed by atoms with Crippen LogP contribution >= 0.6 is 0 Å². The number of nitriles is 1. The van der Waals surface area contributed by atoms with Crippen molar-refractivity contribution in [3.05, 3.63) is 59.4 Å². The quantitative estimate of drug-likeness (QED) is 0.890. The number of carbonyl (C=O) groups is 1. The second kappa shape index (κ2) is 7.95. The molecule has 5 nitrogen and oxygen atoms in total. The molecule has 1 unspecified atom stereocenters. The van der Waals surface area contributed by atoms with Gasteiger partial charge in [0.2, 0.25) is 0 Å². The number of nitrogens with one attached hydrogen (secondary N) is 1. The van der Waals surface area contributed by atoms with E-state index in [0.29, 0.717) is 24.3 Å². The summed E-state index contributed by atoms with van der Waals surface area (Å²) < 4.78 is 5.66. The molecule has 1 aromatic heterocycles. The number of amides is 1. The summed E-state index contributed by atoms with van der Waals surface area (Å²) >= 11 is 0. The summed E-state index contributed by atoms with van der Waals surface area (Å²) in [5.74, 6) is 0.429. The summed E-state index contributed by atoms with van der Waals surface area (Å²) in [7, 11) is 0. The van der Waals surface area contributed by atoms with Gasteiger partial charge in [-0.3, -0.25) is 9.78 Å². The van der Waals surface area contributed by atoms with Crippen molar-refractivity contribution in [3.63, 3.8) is 0 Å². The number of ether oxygens (including phenoxy) is 1. The van der Waals surface area contributed by atoms with Gasteiger partial charge in [0.05, 0.1) is 12.3 Å². The standard InChI is InChI=1S/C18H19N3O2/c1-3-16(10-19)21-18(22)15-6-4-5-14(9-15)12-23-17-8-7-13(2)20-11-17/h4-9,11,16H,3,12H2,1-2H3,(H,21,22). The van der Waals surface area contributed by atoms with E-state index in [1.807, 2.05) is 32.0 Å². The molecule has 0 aliphatic rings. The van der Waals surface area contributed by atoms with E-state index in [1.165, 1.54) is 0 Å². The number of aromatic nitrogens is 1. The molecule has 1 N–H and O–H groups in total. The molecular weight excluding hydrogens is 290 g/mol. The van der Waals surface area contributed by atoms with Gasteiger partial charge >= 0.3 is 0 Å². The van der Waals surface area contributed by atoms with Crippen molar-refractivity contribution >= 4 is 5.91 Å². The highest BCUT2D eigenvalue weighted by atomic mass is 16.5. The van der Waals surface area contributed by atoms with Gasteiger partial charge < -0.3 is 10.1 Å². The van der Waals surface area contributed by atoms with Crippen LogP contribution < -0.4 is 10.1 Å². The number of hydrogen-bond acceptors (Lipinski definition) is 4. The Hall–Kier alpha value is -2.87. The van der Waals surface area contributed by atoms with Crippen molar-refractivity contribution in [2.45, 2.75) is 32.9 Å². The number of benzene rings is 1. The zero-order valence-electron chi connectivity index (χ0n) is 13.2. The molecule has 5 heteroatoms. The normalized spacial score (nSPS) is 11.3. The first-order valence-electron chi connectivity index (χ1n) is 7.47. The molecule has 0 aliphatic heterocycles. The summed E-state index contributed by atoms with van der Waals surface area (Å²) in [6.07, 6.45) is 2.25. The fraction of sp³-hybridized carbons (Fsp3) is 0.278. The number of aryl methyl sites for hydroxylation is 1. The molecular formula is C18H19N3O2. The number of rotatable bonds is 6. The predicted octanol–water partition coefficient (Wildman–Crippen LogP) is 3.00. The lowest BCUT2D eigenvalue weighted by Gasteiger charge is -2.10. The largest absolute Gasteiger partial charge is 0.487 e.